The van der Waals surface area contributed by atoms with E-state index in [4.69, 9.17) is 21.4 Å². The third-order valence-electron chi connectivity index (χ3n) is 4.83. The first-order valence-electron chi connectivity index (χ1n) is 10.3. The average molecular weight is 505 g/mol. The van der Waals surface area contributed by atoms with Crippen LogP contribution in [0.25, 0.3) is 11.4 Å². The molecule has 0 spiro atoms. The number of esters is 1. The van der Waals surface area contributed by atoms with Crippen molar-refractivity contribution in [1.29, 1.82) is 0 Å². The van der Waals surface area contributed by atoms with Gasteiger partial charge in [0.1, 0.15) is 16.9 Å². The Morgan fingerprint density at radius 2 is 1.78 bits per heavy atom. The molecule has 0 aliphatic heterocycles. The molecule has 2 aromatic carbocycles. The van der Waals surface area contributed by atoms with Crippen LogP contribution < -0.4 is 16.6 Å². The lowest BCUT2D eigenvalue weighted by molar-refractivity contribution is -0.143. The molecule has 190 valence electrons. The summed E-state index contributed by atoms with van der Waals surface area (Å²) in [5, 5.41) is 23.6. The standard InChI is InChI=1S/C23H22F3N5O5/c1-12(2)36-22(35)17-10-29-31(20(17)23(24,25)26)15-6-4-14(5-7-15)30(28)11-18(27)13-3-8-19(32)16(9-13)21(33)34/h3-12,32H,27-28H2,1-2H3,(H,33,34)/b18-11-. The molecule has 0 radical (unpaired) electrons. The van der Waals surface area contributed by atoms with Crippen LogP contribution in [0, 0.1) is 0 Å². The summed E-state index contributed by atoms with van der Waals surface area (Å²) >= 11 is 0. The Labute approximate surface area is 202 Å². The van der Waals surface area contributed by atoms with Crippen molar-refractivity contribution < 1.29 is 37.7 Å². The van der Waals surface area contributed by atoms with Gasteiger partial charge in [-0.05, 0) is 56.3 Å². The van der Waals surface area contributed by atoms with Gasteiger partial charge in [0.2, 0.25) is 0 Å². The van der Waals surface area contributed by atoms with Crippen molar-refractivity contribution in [2.45, 2.75) is 26.1 Å². The quantitative estimate of drug-likeness (QED) is 0.214. The normalized spacial score (nSPS) is 12.0. The number of aromatic nitrogens is 2. The van der Waals surface area contributed by atoms with Crippen molar-refractivity contribution in [2.75, 3.05) is 5.01 Å². The number of hydrazine groups is 1. The third kappa shape index (κ3) is 5.58. The predicted molar refractivity (Wildman–Crippen MR) is 123 cm³/mol. The minimum Gasteiger partial charge on any atom is -0.507 e. The zero-order valence-electron chi connectivity index (χ0n) is 19.0. The van der Waals surface area contributed by atoms with Crippen LogP contribution in [0.3, 0.4) is 0 Å². The van der Waals surface area contributed by atoms with E-state index in [2.05, 4.69) is 5.10 Å². The maximum atomic E-state index is 13.8. The number of nitrogens with two attached hydrogens (primary N) is 2. The van der Waals surface area contributed by atoms with Crippen LogP contribution in [0.1, 0.15) is 45.8 Å². The molecule has 13 heteroatoms. The van der Waals surface area contributed by atoms with Gasteiger partial charge in [-0.25, -0.2) is 20.1 Å². The minimum atomic E-state index is -4.89. The molecule has 0 saturated carbocycles. The van der Waals surface area contributed by atoms with E-state index < -0.39 is 41.2 Å². The molecule has 3 rings (SSSR count). The SMILES string of the molecule is CC(C)OC(=O)c1cnn(-c2ccc(N(N)/C=C(\N)c3ccc(O)c(C(=O)O)c3)cc2)c1C(F)(F)F. The molecule has 1 heterocycles. The molecule has 0 unspecified atom stereocenters. The van der Waals surface area contributed by atoms with Gasteiger partial charge in [-0.2, -0.15) is 18.3 Å². The summed E-state index contributed by atoms with van der Waals surface area (Å²) in [6, 6.07) is 9.13. The molecule has 36 heavy (non-hydrogen) atoms. The number of carboxylic acids is 1. The number of carbonyl (C=O) groups is 2. The first-order valence-corrected chi connectivity index (χ1v) is 10.3. The minimum absolute atomic E-state index is 0.00431. The van der Waals surface area contributed by atoms with Gasteiger partial charge >= 0.3 is 18.1 Å². The number of nitrogens with zero attached hydrogens (tertiary/aromatic N) is 3. The summed E-state index contributed by atoms with van der Waals surface area (Å²) in [6.07, 6.45) is -3.45. The van der Waals surface area contributed by atoms with Gasteiger partial charge in [0.15, 0.2) is 5.69 Å². The van der Waals surface area contributed by atoms with Crippen LogP contribution in [-0.2, 0) is 10.9 Å². The molecule has 0 aliphatic rings. The Kier molecular flexibility index (Phi) is 7.24. The van der Waals surface area contributed by atoms with Gasteiger partial charge in [-0.3, -0.25) is 5.01 Å². The van der Waals surface area contributed by atoms with Crippen LogP contribution in [0.5, 0.6) is 5.75 Å². The number of hydrogen-bond donors (Lipinski definition) is 4. The second kappa shape index (κ2) is 10.00. The van der Waals surface area contributed by atoms with Crippen molar-refractivity contribution in [1.82, 2.24) is 9.78 Å². The van der Waals surface area contributed by atoms with E-state index >= 15 is 0 Å². The topological polar surface area (TPSA) is 157 Å². The van der Waals surface area contributed by atoms with Crippen LogP contribution in [0.4, 0.5) is 18.9 Å². The van der Waals surface area contributed by atoms with E-state index in [9.17, 15) is 27.9 Å². The van der Waals surface area contributed by atoms with E-state index in [0.717, 1.165) is 11.2 Å². The van der Waals surface area contributed by atoms with Crippen molar-refractivity contribution in [3.8, 4) is 11.4 Å². The number of anilines is 1. The van der Waals surface area contributed by atoms with Crippen molar-refractivity contribution in [3.05, 3.63) is 77.2 Å². The summed E-state index contributed by atoms with van der Waals surface area (Å²) in [4.78, 5) is 23.3. The largest absolute Gasteiger partial charge is 0.507 e. The van der Waals surface area contributed by atoms with Crippen molar-refractivity contribution in [2.24, 2.45) is 11.6 Å². The Morgan fingerprint density at radius 3 is 2.33 bits per heavy atom. The molecule has 6 N–H and O–H groups in total. The highest BCUT2D eigenvalue weighted by Gasteiger charge is 2.41. The fourth-order valence-electron chi connectivity index (χ4n) is 3.20. The van der Waals surface area contributed by atoms with Gasteiger partial charge in [0.05, 0.1) is 29.4 Å². The molecular formula is C23H22F3N5O5. The van der Waals surface area contributed by atoms with E-state index in [1.165, 1.54) is 62.5 Å². The zero-order chi connectivity index (χ0) is 26.8. The molecule has 0 atom stereocenters. The van der Waals surface area contributed by atoms with Crippen LogP contribution in [0.2, 0.25) is 0 Å². The molecule has 10 nitrogen and oxygen atoms in total. The van der Waals surface area contributed by atoms with Gasteiger partial charge in [-0.1, -0.05) is 0 Å². The Bertz CT molecular complexity index is 1320. The number of carbonyl (C=O) groups excluding carboxylic acids is 1. The number of hydrogen-bond acceptors (Lipinski definition) is 8. The number of carboxylic acid groups (broad SMARTS) is 1. The number of aromatic hydroxyl groups is 1. The smallest absolute Gasteiger partial charge is 0.434 e. The van der Waals surface area contributed by atoms with Crippen LogP contribution in [0.15, 0.2) is 54.9 Å². The Morgan fingerprint density at radius 1 is 1.14 bits per heavy atom. The second-order valence-corrected chi connectivity index (χ2v) is 7.82. The fraction of sp³-hybridized carbons (Fsp3) is 0.174. The van der Waals surface area contributed by atoms with Gasteiger partial charge in [0, 0.05) is 11.8 Å². The number of rotatable bonds is 7. The molecular weight excluding hydrogens is 483 g/mol. The summed E-state index contributed by atoms with van der Waals surface area (Å²) in [6.45, 7) is 3.03. The Hall–Kier alpha value is -4.52. The van der Waals surface area contributed by atoms with Gasteiger partial charge < -0.3 is 20.7 Å². The van der Waals surface area contributed by atoms with Crippen molar-refractivity contribution in [3.63, 3.8) is 0 Å². The van der Waals surface area contributed by atoms with E-state index in [1.54, 1.807) is 0 Å². The van der Waals surface area contributed by atoms with E-state index in [-0.39, 0.29) is 22.5 Å². The first-order chi connectivity index (χ1) is 16.8. The lowest BCUT2D eigenvalue weighted by Gasteiger charge is -2.17. The maximum Gasteiger partial charge on any atom is 0.434 e. The molecule has 0 amide bonds. The summed E-state index contributed by atoms with van der Waals surface area (Å²) in [5.74, 6) is 3.06. The monoisotopic (exact) mass is 505 g/mol. The summed E-state index contributed by atoms with van der Waals surface area (Å²) < 4.78 is 46.8. The summed E-state index contributed by atoms with van der Waals surface area (Å²) in [7, 11) is 0. The molecule has 0 saturated heterocycles. The number of ether oxygens (including phenoxy) is 1. The van der Waals surface area contributed by atoms with Crippen molar-refractivity contribution >= 4 is 23.3 Å². The molecule has 1 aromatic heterocycles. The number of benzene rings is 2. The maximum absolute atomic E-state index is 13.8. The third-order valence-corrected chi connectivity index (χ3v) is 4.83. The van der Waals surface area contributed by atoms with Gasteiger partial charge in [-0.15, -0.1) is 0 Å². The van der Waals surface area contributed by atoms with E-state index in [0.29, 0.717) is 10.4 Å². The highest BCUT2D eigenvalue weighted by Crippen LogP contribution is 2.34. The lowest BCUT2D eigenvalue weighted by atomic mass is 10.1. The van der Waals surface area contributed by atoms with Crippen LogP contribution >= 0.6 is 0 Å². The number of phenols is 1. The van der Waals surface area contributed by atoms with Gasteiger partial charge in [0.25, 0.3) is 0 Å². The molecule has 0 bridgehead atoms. The summed E-state index contributed by atoms with van der Waals surface area (Å²) in [5.41, 5.74) is 4.29. The molecule has 3 aromatic rings. The Balaban J connectivity index is 1.90. The fourth-order valence-corrected chi connectivity index (χ4v) is 3.20. The number of halogens is 3. The van der Waals surface area contributed by atoms with Crippen LogP contribution in [-0.4, -0.2) is 38.0 Å². The highest BCUT2D eigenvalue weighted by molar-refractivity contribution is 5.92. The second-order valence-electron chi connectivity index (χ2n) is 7.82. The predicted octanol–water partition coefficient (Wildman–Crippen LogP) is 3.50. The zero-order valence-corrected chi connectivity index (χ0v) is 19.0. The highest BCUT2D eigenvalue weighted by atomic mass is 19.4. The average Bonchev–Trinajstić information content (AvgIpc) is 3.25. The number of aromatic carboxylic acids is 1. The molecule has 0 fully saturated rings. The number of alkyl halides is 3. The van der Waals surface area contributed by atoms with E-state index in [1.807, 2.05) is 0 Å². The first kappa shape index (κ1) is 26.1. The lowest BCUT2D eigenvalue weighted by Crippen LogP contribution is -2.25. The molecule has 0 aliphatic carbocycles.